The number of hydrogen-bond donors (Lipinski definition) is 2. The normalized spacial score (nSPS) is 20.7. The van der Waals surface area contributed by atoms with E-state index in [1.807, 2.05) is 23.6 Å². The molecule has 0 aliphatic carbocycles. The first-order valence-corrected chi connectivity index (χ1v) is 7.70. The monoisotopic (exact) mass is 318 g/mol. The van der Waals surface area contributed by atoms with Gasteiger partial charge in [0.1, 0.15) is 11.1 Å². The van der Waals surface area contributed by atoms with Gasteiger partial charge >= 0.3 is 5.97 Å². The molecule has 2 atom stereocenters. The highest BCUT2D eigenvalue weighted by Gasteiger charge is 2.34. The lowest BCUT2D eigenvalue weighted by atomic mass is 10.1. The lowest BCUT2D eigenvalue weighted by Crippen LogP contribution is -2.29. The largest absolute Gasteiger partial charge is 0.479 e. The van der Waals surface area contributed by atoms with Crippen molar-refractivity contribution in [2.75, 3.05) is 5.32 Å². The summed E-state index contributed by atoms with van der Waals surface area (Å²) in [4.78, 5) is 27.2. The number of rotatable bonds is 4. The second-order valence-electron chi connectivity index (χ2n) is 4.94. The van der Waals surface area contributed by atoms with Gasteiger partial charge in [0, 0.05) is 22.8 Å². The van der Waals surface area contributed by atoms with Gasteiger partial charge in [-0.1, -0.05) is 12.1 Å². The quantitative estimate of drug-likeness (QED) is 0.903. The van der Waals surface area contributed by atoms with Crippen LogP contribution in [0.2, 0.25) is 0 Å². The number of thiazole rings is 1. The van der Waals surface area contributed by atoms with E-state index in [-0.39, 0.29) is 5.91 Å². The Balaban J connectivity index is 1.67. The first-order valence-electron chi connectivity index (χ1n) is 6.82. The standard InChI is InChI=1S/C15H14N2O4S/c18-13(11-4-5-12(21-11)15(19)20)17-10-3-1-2-9(8-10)14-16-6-7-22-14/h1-3,6-8,11-12H,4-5H2,(H,17,18)(H,19,20)/t11-,12+/m0/s1. The van der Waals surface area contributed by atoms with E-state index in [2.05, 4.69) is 10.3 Å². The van der Waals surface area contributed by atoms with Crippen LogP contribution in [0.3, 0.4) is 0 Å². The Kier molecular flexibility index (Phi) is 4.17. The third-order valence-corrected chi connectivity index (χ3v) is 4.22. The van der Waals surface area contributed by atoms with Crippen LogP contribution in [0.25, 0.3) is 10.6 Å². The zero-order valence-electron chi connectivity index (χ0n) is 11.6. The number of anilines is 1. The van der Waals surface area contributed by atoms with Gasteiger partial charge in [0.05, 0.1) is 0 Å². The molecule has 114 valence electrons. The van der Waals surface area contributed by atoms with Crippen LogP contribution >= 0.6 is 11.3 Å². The topological polar surface area (TPSA) is 88.5 Å². The Morgan fingerprint density at radius 2 is 2.14 bits per heavy atom. The number of ether oxygens (including phenoxy) is 1. The number of carbonyl (C=O) groups excluding carboxylic acids is 1. The highest BCUT2D eigenvalue weighted by molar-refractivity contribution is 7.13. The molecule has 0 saturated carbocycles. The van der Waals surface area contributed by atoms with Gasteiger partial charge in [-0.3, -0.25) is 4.79 Å². The second-order valence-corrected chi connectivity index (χ2v) is 5.83. The number of nitrogens with zero attached hydrogens (tertiary/aromatic N) is 1. The molecule has 0 unspecified atom stereocenters. The Labute approximate surface area is 130 Å². The Morgan fingerprint density at radius 1 is 1.32 bits per heavy atom. The van der Waals surface area contributed by atoms with Crippen molar-refractivity contribution in [2.45, 2.75) is 25.0 Å². The van der Waals surface area contributed by atoms with E-state index in [9.17, 15) is 9.59 Å². The highest BCUT2D eigenvalue weighted by atomic mass is 32.1. The minimum absolute atomic E-state index is 0.319. The van der Waals surface area contributed by atoms with Gasteiger partial charge in [0.2, 0.25) is 0 Å². The molecule has 1 aliphatic rings. The number of hydrogen-bond acceptors (Lipinski definition) is 5. The minimum atomic E-state index is -1.03. The van der Waals surface area contributed by atoms with Crippen LogP contribution in [0.5, 0.6) is 0 Å². The second kappa shape index (κ2) is 6.25. The smallest absolute Gasteiger partial charge is 0.332 e. The average Bonchev–Trinajstić information content (AvgIpc) is 3.19. The van der Waals surface area contributed by atoms with Gasteiger partial charge in [-0.15, -0.1) is 11.3 Å². The summed E-state index contributed by atoms with van der Waals surface area (Å²) in [5, 5.41) is 14.4. The van der Waals surface area contributed by atoms with E-state index >= 15 is 0 Å². The van der Waals surface area contributed by atoms with Crippen LogP contribution in [0.1, 0.15) is 12.8 Å². The van der Waals surface area contributed by atoms with E-state index in [1.54, 1.807) is 12.3 Å². The Bertz CT molecular complexity index is 687. The summed E-state index contributed by atoms with van der Waals surface area (Å²) in [6, 6.07) is 7.36. The van der Waals surface area contributed by atoms with Crippen molar-refractivity contribution in [3.05, 3.63) is 35.8 Å². The van der Waals surface area contributed by atoms with E-state index < -0.39 is 18.2 Å². The van der Waals surface area contributed by atoms with Crippen LogP contribution in [-0.2, 0) is 14.3 Å². The molecule has 2 aromatic rings. The number of carboxylic acid groups (broad SMARTS) is 1. The number of amides is 1. The van der Waals surface area contributed by atoms with Gasteiger partial charge in [0.25, 0.3) is 5.91 Å². The van der Waals surface area contributed by atoms with E-state index in [4.69, 9.17) is 9.84 Å². The van der Waals surface area contributed by atoms with Crippen LogP contribution in [0.15, 0.2) is 35.8 Å². The van der Waals surface area contributed by atoms with Gasteiger partial charge in [-0.2, -0.15) is 0 Å². The highest BCUT2D eigenvalue weighted by Crippen LogP contribution is 2.25. The molecule has 2 heterocycles. The van der Waals surface area contributed by atoms with Gasteiger partial charge < -0.3 is 15.2 Å². The minimum Gasteiger partial charge on any atom is -0.479 e. The molecule has 1 fully saturated rings. The maximum atomic E-state index is 12.1. The van der Waals surface area contributed by atoms with Gasteiger partial charge in [-0.05, 0) is 25.0 Å². The van der Waals surface area contributed by atoms with Crippen LogP contribution in [0, 0.1) is 0 Å². The van der Waals surface area contributed by atoms with E-state index in [0.29, 0.717) is 18.5 Å². The summed E-state index contributed by atoms with van der Waals surface area (Å²) >= 11 is 1.52. The molecular formula is C15H14N2O4S. The molecule has 7 heteroatoms. The molecule has 3 rings (SSSR count). The lowest BCUT2D eigenvalue weighted by molar-refractivity contribution is -0.150. The summed E-state index contributed by atoms with van der Waals surface area (Å²) in [5.41, 5.74) is 1.56. The van der Waals surface area contributed by atoms with Crippen molar-refractivity contribution in [1.29, 1.82) is 0 Å². The lowest BCUT2D eigenvalue weighted by Gasteiger charge is -2.12. The Morgan fingerprint density at radius 3 is 2.82 bits per heavy atom. The molecule has 6 nitrogen and oxygen atoms in total. The summed E-state index contributed by atoms with van der Waals surface area (Å²) in [6.07, 6.45) is 0.882. The summed E-state index contributed by atoms with van der Waals surface area (Å²) in [7, 11) is 0. The number of aliphatic carboxylic acids is 1. The van der Waals surface area contributed by atoms with E-state index in [1.165, 1.54) is 11.3 Å². The number of carbonyl (C=O) groups is 2. The molecular weight excluding hydrogens is 304 g/mol. The van der Waals surface area contributed by atoms with Crippen molar-refractivity contribution < 1.29 is 19.4 Å². The zero-order chi connectivity index (χ0) is 15.5. The summed E-state index contributed by atoms with van der Waals surface area (Å²) < 4.78 is 5.24. The number of benzene rings is 1. The molecule has 0 radical (unpaired) electrons. The van der Waals surface area contributed by atoms with Crippen LogP contribution in [0.4, 0.5) is 5.69 Å². The summed E-state index contributed by atoms with van der Waals surface area (Å²) in [6.45, 7) is 0. The summed E-state index contributed by atoms with van der Waals surface area (Å²) in [5.74, 6) is -1.35. The van der Waals surface area contributed by atoms with Crippen LogP contribution < -0.4 is 5.32 Å². The fourth-order valence-electron chi connectivity index (χ4n) is 2.33. The third-order valence-electron chi connectivity index (χ3n) is 3.40. The number of nitrogens with one attached hydrogen (secondary N) is 1. The SMILES string of the molecule is O=C(Nc1cccc(-c2nccs2)c1)[C@@H]1CC[C@H](C(=O)O)O1. The molecule has 1 aliphatic heterocycles. The van der Waals surface area contributed by atoms with Gasteiger partial charge in [0.15, 0.2) is 6.10 Å². The zero-order valence-corrected chi connectivity index (χ0v) is 12.4. The van der Waals surface area contributed by atoms with Gasteiger partial charge in [-0.25, -0.2) is 9.78 Å². The van der Waals surface area contributed by atoms with Crippen LogP contribution in [-0.4, -0.2) is 34.2 Å². The molecule has 22 heavy (non-hydrogen) atoms. The third kappa shape index (κ3) is 3.15. The molecule has 0 spiro atoms. The van der Waals surface area contributed by atoms with Crippen molar-refractivity contribution >= 4 is 28.9 Å². The average molecular weight is 318 g/mol. The maximum Gasteiger partial charge on any atom is 0.332 e. The Hall–Kier alpha value is -2.25. The molecule has 1 aromatic heterocycles. The maximum absolute atomic E-state index is 12.1. The number of aromatic nitrogens is 1. The van der Waals surface area contributed by atoms with E-state index in [0.717, 1.165) is 10.6 Å². The fourth-order valence-corrected chi connectivity index (χ4v) is 2.97. The molecule has 1 aromatic carbocycles. The van der Waals surface area contributed by atoms with Crippen molar-refractivity contribution in [2.24, 2.45) is 0 Å². The van der Waals surface area contributed by atoms with Crippen molar-refractivity contribution in [3.63, 3.8) is 0 Å². The van der Waals surface area contributed by atoms with Crippen molar-refractivity contribution in [3.8, 4) is 10.6 Å². The number of carboxylic acids is 1. The molecule has 2 N–H and O–H groups in total. The molecule has 1 saturated heterocycles. The molecule has 0 bridgehead atoms. The first-order chi connectivity index (χ1) is 10.6. The fraction of sp³-hybridized carbons (Fsp3) is 0.267. The predicted octanol–water partition coefficient (Wildman–Crippen LogP) is 2.38. The predicted molar refractivity (Wildman–Crippen MR) is 81.7 cm³/mol. The van der Waals surface area contributed by atoms with Crippen molar-refractivity contribution in [1.82, 2.24) is 4.98 Å². The molecule has 1 amide bonds. The first kappa shape index (κ1) is 14.7.